The number of aliphatic hydroxyl groups excluding tert-OH is 4. The lowest BCUT2D eigenvalue weighted by molar-refractivity contribution is -0.132. The largest absolute Gasteiger partial charge is 0.394 e. The van der Waals surface area contributed by atoms with Gasteiger partial charge in [-0.2, -0.15) is 0 Å². The van der Waals surface area contributed by atoms with Crippen molar-refractivity contribution in [1.82, 2.24) is 5.32 Å². The fraction of sp³-hybridized carbons (Fsp3) is 0.769. The number of hydrogen-bond acceptors (Lipinski definition) is 5. The molecule has 5 N–H and O–H groups in total. The summed E-state index contributed by atoms with van der Waals surface area (Å²) in [5, 5.41) is 43.2. The Bertz CT molecular complexity index is 763. The normalized spacial score (nSPS) is 15.1. The van der Waals surface area contributed by atoms with Gasteiger partial charge >= 0.3 is 0 Å². The van der Waals surface area contributed by atoms with Gasteiger partial charge in [-0.3, -0.25) is 4.79 Å². The van der Waals surface area contributed by atoms with Gasteiger partial charge in [-0.1, -0.05) is 127 Å². The van der Waals surface area contributed by atoms with Crippen molar-refractivity contribution in [3.63, 3.8) is 0 Å². The molecule has 0 bridgehead atoms. The van der Waals surface area contributed by atoms with Crippen molar-refractivity contribution >= 4 is 5.91 Å². The first-order valence-corrected chi connectivity index (χ1v) is 18.5. The van der Waals surface area contributed by atoms with Crippen molar-refractivity contribution in [1.29, 1.82) is 0 Å². The maximum Gasteiger partial charge on any atom is 0.249 e. The van der Waals surface area contributed by atoms with Gasteiger partial charge in [0, 0.05) is 0 Å². The molecule has 0 rings (SSSR count). The summed E-state index contributed by atoms with van der Waals surface area (Å²) in [6.45, 7) is 3.93. The summed E-state index contributed by atoms with van der Waals surface area (Å²) in [6.07, 6.45) is 38.8. The quantitative estimate of drug-likeness (QED) is 0.0376. The summed E-state index contributed by atoms with van der Waals surface area (Å²) < 4.78 is 0. The van der Waals surface area contributed by atoms with E-state index in [4.69, 9.17) is 0 Å². The molecule has 0 aromatic carbocycles. The second kappa shape index (κ2) is 33.6. The number of aliphatic hydroxyl groups is 4. The van der Waals surface area contributed by atoms with Crippen LogP contribution in [-0.4, -0.2) is 57.3 Å². The van der Waals surface area contributed by atoms with Gasteiger partial charge in [0.2, 0.25) is 5.91 Å². The van der Waals surface area contributed by atoms with Crippen LogP contribution in [0.25, 0.3) is 0 Å². The third-order valence-corrected chi connectivity index (χ3v) is 8.23. The monoisotopic (exact) mass is 634 g/mol. The molecular weight excluding hydrogens is 562 g/mol. The number of rotatable bonds is 32. The standard InChI is InChI=1S/C39H71NO5/c1-3-5-7-9-11-13-14-15-16-17-18-19-20-21-22-23-24-25-27-28-30-32-36(42)38(44)35(34-41)40-39(45)37(43)33-31-29-26-12-10-8-6-4-2/h17-18,21-22,25-27,29,35-38,41-44H,3-16,19-20,23-24,28,30-34H2,1-2H3,(H,40,45)/b18-17+,22-21+,27-25+,29-26-. The number of nitrogens with one attached hydrogen (secondary N) is 1. The van der Waals surface area contributed by atoms with Crippen molar-refractivity contribution in [3.05, 3.63) is 48.6 Å². The Morgan fingerprint density at radius 1 is 0.533 bits per heavy atom. The van der Waals surface area contributed by atoms with Gasteiger partial charge in [-0.15, -0.1) is 0 Å². The lowest BCUT2D eigenvalue weighted by atomic mass is 10.0. The van der Waals surface area contributed by atoms with Gasteiger partial charge in [-0.05, 0) is 83.5 Å². The molecule has 1 amide bonds. The molecule has 6 heteroatoms. The van der Waals surface area contributed by atoms with E-state index in [1.54, 1.807) is 0 Å². The zero-order valence-electron chi connectivity index (χ0n) is 29.1. The van der Waals surface area contributed by atoms with E-state index >= 15 is 0 Å². The average molecular weight is 634 g/mol. The van der Waals surface area contributed by atoms with Crippen LogP contribution in [0.1, 0.15) is 162 Å². The van der Waals surface area contributed by atoms with Gasteiger partial charge in [0.1, 0.15) is 12.2 Å². The fourth-order valence-electron chi connectivity index (χ4n) is 5.20. The maximum atomic E-state index is 12.3. The molecule has 0 heterocycles. The number of carbonyl (C=O) groups excluding carboxylic acids is 1. The fourth-order valence-corrected chi connectivity index (χ4v) is 5.20. The van der Waals surface area contributed by atoms with Crippen LogP contribution >= 0.6 is 0 Å². The lowest BCUT2D eigenvalue weighted by Gasteiger charge is -2.27. The summed E-state index contributed by atoms with van der Waals surface area (Å²) >= 11 is 0. The Kier molecular flexibility index (Phi) is 32.3. The molecule has 0 spiro atoms. The Labute approximate surface area is 277 Å². The molecule has 0 aliphatic rings. The molecule has 0 fully saturated rings. The molecule has 0 aromatic heterocycles. The Hall–Kier alpha value is -1.73. The Morgan fingerprint density at radius 2 is 0.933 bits per heavy atom. The van der Waals surface area contributed by atoms with Crippen LogP contribution in [0.4, 0.5) is 0 Å². The summed E-state index contributed by atoms with van der Waals surface area (Å²) in [5.41, 5.74) is 0. The molecular formula is C39H71NO5. The first kappa shape index (κ1) is 43.3. The first-order valence-electron chi connectivity index (χ1n) is 18.5. The number of carbonyl (C=O) groups is 1. The lowest BCUT2D eigenvalue weighted by Crippen LogP contribution is -2.53. The summed E-state index contributed by atoms with van der Waals surface area (Å²) in [6, 6.07) is -1.02. The molecule has 0 radical (unpaired) electrons. The number of amides is 1. The van der Waals surface area contributed by atoms with Crippen LogP contribution in [0.15, 0.2) is 48.6 Å². The van der Waals surface area contributed by atoms with Crippen LogP contribution in [0.5, 0.6) is 0 Å². The summed E-state index contributed by atoms with van der Waals surface area (Å²) in [7, 11) is 0. The van der Waals surface area contributed by atoms with Crippen molar-refractivity contribution in [2.45, 2.75) is 186 Å². The van der Waals surface area contributed by atoms with Gasteiger partial charge < -0.3 is 25.7 Å². The second-order valence-electron chi connectivity index (χ2n) is 12.5. The van der Waals surface area contributed by atoms with Gasteiger partial charge in [-0.25, -0.2) is 0 Å². The molecule has 262 valence electrons. The summed E-state index contributed by atoms with van der Waals surface area (Å²) in [4.78, 5) is 12.3. The zero-order valence-corrected chi connectivity index (χ0v) is 29.1. The third-order valence-electron chi connectivity index (χ3n) is 8.23. The minimum atomic E-state index is -1.30. The molecule has 45 heavy (non-hydrogen) atoms. The highest BCUT2D eigenvalue weighted by Gasteiger charge is 2.28. The maximum absolute atomic E-state index is 12.3. The van der Waals surface area contributed by atoms with Crippen LogP contribution in [0.2, 0.25) is 0 Å². The molecule has 0 aliphatic heterocycles. The van der Waals surface area contributed by atoms with E-state index in [1.165, 1.54) is 77.0 Å². The predicted octanol–water partition coefficient (Wildman–Crippen LogP) is 8.78. The van der Waals surface area contributed by atoms with Crippen LogP contribution in [-0.2, 0) is 4.79 Å². The Balaban J connectivity index is 3.90. The van der Waals surface area contributed by atoms with Crippen LogP contribution < -0.4 is 5.32 Å². The number of allylic oxidation sites excluding steroid dienone is 8. The molecule has 0 saturated carbocycles. The number of unbranched alkanes of at least 4 members (excludes halogenated alkanes) is 15. The third kappa shape index (κ3) is 28.2. The van der Waals surface area contributed by atoms with Crippen LogP contribution in [0, 0.1) is 0 Å². The van der Waals surface area contributed by atoms with E-state index in [0.29, 0.717) is 19.3 Å². The topological polar surface area (TPSA) is 110 Å². The van der Waals surface area contributed by atoms with E-state index in [9.17, 15) is 25.2 Å². The highest BCUT2D eigenvalue weighted by Crippen LogP contribution is 2.12. The SMILES string of the molecule is CCCCCC/C=C\CCC(O)C(=O)NC(CO)C(O)C(O)CCC/C=C/CC/C=C/CC/C=C/CCCCCCCCCC. The van der Waals surface area contributed by atoms with E-state index in [1.807, 2.05) is 6.08 Å². The minimum absolute atomic E-state index is 0.271. The van der Waals surface area contributed by atoms with Gasteiger partial charge in [0.25, 0.3) is 0 Å². The number of hydrogen-bond donors (Lipinski definition) is 5. The molecule has 0 aromatic rings. The molecule has 6 nitrogen and oxygen atoms in total. The first-order chi connectivity index (χ1) is 22.0. The smallest absolute Gasteiger partial charge is 0.249 e. The van der Waals surface area contributed by atoms with Crippen LogP contribution in [0.3, 0.4) is 0 Å². The van der Waals surface area contributed by atoms with E-state index in [0.717, 1.165) is 44.9 Å². The van der Waals surface area contributed by atoms with Crippen molar-refractivity contribution in [2.24, 2.45) is 0 Å². The van der Waals surface area contributed by atoms with E-state index in [2.05, 4.69) is 61.7 Å². The molecule has 0 saturated heterocycles. The van der Waals surface area contributed by atoms with Crippen molar-refractivity contribution in [2.75, 3.05) is 6.61 Å². The Morgan fingerprint density at radius 3 is 1.42 bits per heavy atom. The second-order valence-corrected chi connectivity index (χ2v) is 12.5. The van der Waals surface area contributed by atoms with Gasteiger partial charge in [0.05, 0.1) is 18.8 Å². The molecule has 0 aliphatic carbocycles. The molecule has 4 atom stereocenters. The molecule has 4 unspecified atom stereocenters. The van der Waals surface area contributed by atoms with E-state index in [-0.39, 0.29) is 6.42 Å². The zero-order chi connectivity index (χ0) is 33.2. The van der Waals surface area contributed by atoms with Crippen molar-refractivity contribution in [3.8, 4) is 0 Å². The predicted molar refractivity (Wildman–Crippen MR) is 191 cm³/mol. The average Bonchev–Trinajstić information content (AvgIpc) is 3.04. The van der Waals surface area contributed by atoms with E-state index < -0.39 is 36.9 Å². The van der Waals surface area contributed by atoms with Crippen molar-refractivity contribution < 1.29 is 25.2 Å². The summed E-state index contributed by atoms with van der Waals surface area (Å²) in [5.74, 6) is -0.640. The minimum Gasteiger partial charge on any atom is -0.394 e. The highest BCUT2D eigenvalue weighted by atomic mass is 16.3. The van der Waals surface area contributed by atoms with Gasteiger partial charge in [0.15, 0.2) is 0 Å². The highest BCUT2D eigenvalue weighted by molar-refractivity contribution is 5.80.